The van der Waals surface area contributed by atoms with E-state index in [2.05, 4.69) is 5.10 Å². The van der Waals surface area contributed by atoms with Gasteiger partial charge in [-0.1, -0.05) is 0 Å². The van der Waals surface area contributed by atoms with Crippen LogP contribution >= 0.6 is 0 Å². The summed E-state index contributed by atoms with van der Waals surface area (Å²) in [5.41, 5.74) is 7.00. The molecule has 0 unspecified atom stereocenters. The van der Waals surface area contributed by atoms with Crippen molar-refractivity contribution in [2.75, 3.05) is 27.3 Å². The van der Waals surface area contributed by atoms with E-state index in [0.29, 0.717) is 18.2 Å². The largest absolute Gasteiger partial charge is 0.381 e. The summed E-state index contributed by atoms with van der Waals surface area (Å²) in [6.07, 6.45) is 0. The molecule has 2 heterocycles. The number of rotatable bonds is 4. The van der Waals surface area contributed by atoms with Crippen LogP contribution in [0.5, 0.6) is 0 Å². The van der Waals surface area contributed by atoms with Gasteiger partial charge in [-0.15, -0.1) is 0 Å². The standard InChI is InChI=1S/C11H18N4O2/c1-14(2)11(16)10-3-9(4-12)15(13-10)5-8-6-17-7-8/h3,8H,4-7,12H2,1-2H3. The predicted molar refractivity (Wildman–Crippen MR) is 62.4 cm³/mol. The molecule has 6 nitrogen and oxygen atoms in total. The van der Waals surface area contributed by atoms with Gasteiger partial charge >= 0.3 is 0 Å². The maximum absolute atomic E-state index is 11.8. The van der Waals surface area contributed by atoms with E-state index in [-0.39, 0.29) is 5.91 Å². The Balaban J connectivity index is 2.16. The quantitative estimate of drug-likeness (QED) is 0.781. The molecule has 2 N–H and O–H groups in total. The molecule has 1 aromatic rings. The number of aromatic nitrogens is 2. The molecule has 17 heavy (non-hydrogen) atoms. The number of carbonyl (C=O) groups is 1. The lowest BCUT2D eigenvalue weighted by atomic mass is 10.1. The SMILES string of the molecule is CN(C)C(=O)c1cc(CN)n(CC2COC2)n1. The van der Waals surface area contributed by atoms with E-state index in [0.717, 1.165) is 25.5 Å². The van der Waals surface area contributed by atoms with E-state index >= 15 is 0 Å². The molecule has 0 spiro atoms. The number of carbonyl (C=O) groups excluding carboxylic acids is 1. The Morgan fingerprint density at radius 2 is 2.35 bits per heavy atom. The summed E-state index contributed by atoms with van der Waals surface area (Å²) in [7, 11) is 3.42. The zero-order chi connectivity index (χ0) is 12.4. The van der Waals surface area contributed by atoms with Crippen LogP contribution in [0, 0.1) is 5.92 Å². The summed E-state index contributed by atoms with van der Waals surface area (Å²) < 4.78 is 6.95. The van der Waals surface area contributed by atoms with Gasteiger partial charge in [0.1, 0.15) is 0 Å². The second-order valence-corrected chi connectivity index (χ2v) is 4.51. The highest BCUT2D eigenvalue weighted by Gasteiger charge is 2.22. The number of nitrogens with two attached hydrogens (primary N) is 1. The van der Waals surface area contributed by atoms with Gasteiger partial charge in [-0.2, -0.15) is 5.10 Å². The van der Waals surface area contributed by atoms with Crippen LogP contribution < -0.4 is 5.73 Å². The van der Waals surface area contributed by atoms with Crippen molar-refractivity contribution in [2.24, 2.45) is 11.7 Å². The van der Waals surface area contributed by atoms with Crippen molar-refractivity contribution in [3.05, 3.63) is 17.5 Å². The summed E-state index contributed by atoms with van der Waals surface area (Å²) >= 11 is 0. The minimum absolute atomic E-state index is 0.0942. The summed E-state index contributed by atoms with van der Waals surface area (Å²) in [5, 5.41) is 4.31. The Bertz CT molecular complexity index is 410. The number of nitrogens with zero attached hydrogens (tertiary/aromatic N) is 3. The zero-order valence-corrected chi connectivity index (χ0v) is 10.2. The van der Waals surface area contributed by atoms with Gasteiger partial charge in [-0.3, -0.25) is 9.48 Å². The third-order valence-electron chi connectivity index (χ3n) is 2.84. The lowest BCUT2D eigenvalue weighted by Crippen LogP contribution is -2.32. The smallest absolute Gasteiger partial charge is 0.273 e. The molecule has 0 aromatic carbocycles. The highest BCUT2D eigenvalue weighted by molar-refractivity contribution is 5.92. The summed E-state index contributed by atoms with van der Waals surface area (Å²) in [6, 6.07) is 1.77. The maximum Gasteiger partial charge on any atom is 0.273 e. The number of amides is 1. The van der Waals surface area contributed by atoms with Gasteiger partial charge < -0.3 is 15.4 Å². The van der Waals surface area contributed by atoms with Crippen LogP contribution in [0.4, 0.5) is 0 Å². The fourth-order valence-corrected chi connectivity index (χ4v) is 1.75. The highest BCUT2D eigenvalue weighted by Crippen LogP contribution is 2.15. The molecule has 1 aromatic heterocycles. The normalized spacial score (nSPS) is 15.7. The first-order chi connectivity index (χ1) is 8.11. The van der Waals surface area contributed by atoms with Crippen molar-refractivity contribution in [2.45, 2.75) is 13.1 Å². The number of ether oxygens (including phenoxy) is 1. The minimum Gasteiger partial charge on any atom is -0.381 e. The lowest BCUT2D eigenvalue weighted by molar-refractivity contribution is -0.0411. The van der Waals surface area contributed by atoms with E-state index in [4.69, 9.17) is 10.5 Å². The molecular weight excluding hydrogens is 220 g/mol. The van der Waals surface area contributed by atoms with E-state index < -0.39 is 0 Å². The fraction of sp³-hybridized carbons (Fsp3) is 0.636. The van der Waals surface area contributed by atoms with Gasteiger partial charge in [-0.05, 0) is 6.07 Å². The fourth-order valence-electron chi connectivity index (χ4n) is 1.75. The van der Waals surface area contributed by atoms with E-state index in [1.54, 1.807) is 20.2 Å². The van der Waals surface area contributed by atoms with Gasteiger partial charge in [0, 0.05) is 33.1 Å². The average molecular weight is 238 g/mol. The van der Waals surface area contributed by atoms with Crippen LogP contribution in [0.15, 0.2) is 6.07 Å². The molecule has 1 saturated heterocycles. The van der Waals surface area contributed by atoms with E-state index in [1.807, 2.05) is 4.68 Å². The minimum atomic E-state index is -0.0942. The maximum atomic E-state index is 11.8. The molecule has 94 valence electrons. The van der Waals surface area contributed by atoms with Crippen LogP contribution in [0.2, 0.25) is 0 Å². The Morgan fingerprint density at radius 3 is 2.82 bits per heavy atom. The molecular formula is C11H18N4O2. The lowest BCUT2D eigenvalue weighted by Gasteiger charge is -2.26. The van der Waals surface area contributed by atoms with Gasteiger partial charge in [0.05, 0.1) is 18.9 Å². The van der Waals surface area contributed by atoms with Crippen molar-refractivity contribution in [3.63, 3.8) is 0 Å². The summed E-state index contributed by atoms with van der Waals surface area (Å²) in [6.45, 7) is 2.69. The van der Waals surface area contributed by atoms with Gasteiger partial charge in [0.25, 0.3) is 5.91 Å². The second-order valence-electron chi connectivity index (χ2n) is 4.51. The third-order valence-corrected chi connectivity index (χ3v) is 2.84. The van der Waals surface area contributed by atoms with Crippen molar-refractivity contribution in [3.8, 4) is 0 Å². The molecule has 6 heteroatoms. The molecule has 0 aliphatic carbocycles. The molecule has 2 rings (SSSR count). The first kappa shape index (κ1) is 12.1. The van der Waals surface area contributed by atoms with E-state index in [1.165, 1.54) is 4.90 Å². The van der Waals surface area contributed by atoms with Crippen molar-refractivity contribution >= 4 is 5.91 Å². The summed E-state index contributed by atoms with van der Waals surface area (Å²) in [4.78, 5) is 13.3. The molecule has 1 aliphatic rings. The van der Waals surface area contributed by atoms with Crippen LogP contribution in [-0.4, -0.2) is 47.9 Å². The zero-order valence-electron chi connectivity index (χ0n) is 10.2. The Hall–Kier alpha value is -1.40. The third kappa shape index (κ3) is 2.48. The Morgan fingerprint density at radius 1 is 1.65 bits per heavy atom. The van der Waals surface area contributed by atoms with Gasteiger partial charge in [0.2, 0.25) is 0 Å². The van der Waals surface area contributed by atoms with Crippen molar-refractivity contribution in [1.29, 1.82) is 0 Å². The second kappa shape index (κ2) is 4.85. The van der Waals surface area contributed by atoms with Crippen LogP contribution in [0.1, 0.15) is 16.2 Å². The molecule has 0 bridgehead atoms. The van der Waals surface area contributed by atoms with Crippen LogP contribution in [0.25, 0.3) is 0 Å². The predicted octanol–water partition coefficient (Wildman–Crippen LogP) is -0.310. The highest BCUT2D eigenvalue weighted by atomic mass is 16.5. The first-order valence-corrected chi connectivity index (χ1v) is 5.68. The monoisotopic (exact) mass is 238 g/mol. The van der Waals surface area contributed by atoms with Gasteiger partial charge in [-0.25, -0.2) is 0 Å². The molecule has 0 atom stereocenters. The number of hydrogen-bond acceptors (Lipinski definition) is 4. The average Bonchev–Trinajstić information content (AvgIpc) is 2.65. The van der Waals surface area contributed by atoms with E-state index in [9.17, 15) is 4.79 Å². The Labute approximate surface area is 100 Å². The van der Waals surface area contributed by atoms with Crippen LogP contribution in [0.3, 0.4) is 0 Å². The Kier molecular flexibility index (Phi) is 3.44. The molecule has 1 fully saturated rings. The van der Waals surface area contributed by atoms with Gasteiger partial charge in [0.15, 0.2) is 5.69 Å². The molecule has 1 amide bonds. The molecule has 0 radical (unpaired) electrons. The molecule has 1 aliphatic heterocycles. The van der Waals surface area contributed by atoms with Crippen molar-refractivity contribution < 1.29 is 9.53 Å². The number of hydrogen-bond donors (Lipinski definition) is 1. The molecule has 0 saturated carbocycles. The summed E-state index contributed by atoms with van der Waals surface area (Å²) in [5.74, 6) is 0.394. The first-order valence-electron chi connectivity index (χ1n) is 5.68. The van der Waals surface area contributed by atoms with Crippen LogP contribution in [-0.2, 0) is 17.8 Å². The topological polar surface area (TPSA) is 73.4 Å². The van der Waals surface area contributed by atoms with Crippen molar-refractivity contribution in [1.82, 2.24) is 14.7 Å².